The van der Waals surface area contributed by atoms with Crippen LogP contribution in [-0.2, 0) is 18.6 Å². The highest BCUT2D eigenvalue weighted by Gasteiger charge is 2.28. The number of carbonyl (C=O) groups is 2. The smallest absolute Gasteiger partial charge is 0.259 e. The van der Waals surface area contributed by atoms with Crippen LogP contribution in [0.1, 0.15) is 66.7 Å². The van der Waals surface area contributed by atoms with E-state index >= 15 is 0 Å². The number of amides is 2. The fourth-order valence-corrected chi connectivity index (χ4v) is 4.34. The van der Waals surface area contributed by atoms with E-state index < -0.39 is 14.4 Å². The molecule has 0 spiro atoms. The molecule has 4 atom stereocenters. The molecule has 0 aliphatic heterocycles. The highest BCUT2D eigenvalue weighted by atomic mass is 31.2. The molecule has 0 fully saturated rings. The molecule has 0 aromatic heterocycles. The Bertz CT molecular complexity index is 501. The maximum atomic E-state index is 12.2. The summed E-state index contributed by atoms with van der Waals surface area (Å²) in [6, 6.07) is 2.39. The molecule has 9 heteroatoms. The largest absolute Gasteiger partial charge is 0.370 e. The van der Waals surface area contributed by atoms with Crippen LogP contribution in [0.25, 0.3) is 0 Å². The molecule has 0 aliphatic carbocycles. The Morgan fingerprint density at radius 2 is 1.96 bits per heavy atom. The normalized spacial score (nSPS) is 15.5. The van der Waals surface area contributed by atoms with Crippen LogP contribution < -0.4 is 11.1 Å². The van der Waals surface area contributed by atoms with Crippen LogP contribution in [0.4, 0.5) is 0 Å². The molecule has 28 heavy (non-hydrogen) atoms. The molecule has 0 rings (SSSR count). The van der Waals surface area contributed by atoms with Crippen molar-refractivity contribution < 1.29 is 18.6 Å². The Balaban J connectivity index is 4.82. The van der Waals surface area contributed by atoms with Gasteiger partial charge in [-0.3, -0.25) is 9.59 Å². The third kappa shape index (κ3) is 11.6. The zero-order chi connectivity index (χ0) is 21.5. The molecule has 0 saturated carbocycles. The summed E-state index contributed by atoms with van der Waals surface area (Å²) in [6.45, 7) is 11.6. The third-order valence-corrected chi connectivity index (χ3v) is 6.21. The van der Waals surface area contributed by atoms with Gasteiger partial charge >= 0.3 is 0 Å². The number of rotatable bonds is 16. The van der Waals surface area contributed by atoms with Crippen molar-refractivity contribution in [3.05, 3.63) is 0 Å². The van der Waals surface area contributed by atoms with Gasteiger partial charge in [-0.2, -0.15) is 5.26 Å². The number of nitrogens with zero attached hydrogens (tertiary/aromatic N) is 2. The number of nitrogens with one attached hydrogen (secondary N) is 1. The van der Waals surface area contributed by atoms with E-state index in [4.69, 9.17) is 20.0 Å². The number of primary amides is 1. The molecule has 4 unspecified atom stereocenters. The first-order valence-corrected chi connectivity index (χ1v) is 11.2. The van der Waals surface area contributed by atoms with Crippen LogP contribution in [0.15, 0.2) is 0 Å². The number of hydrogen-bond donors (Lipinski definition) is 2. The molecule has 162 valence electrons. The number of hydrogen-bond acceptors (Lipinski definition) is 6. The maximum Gasteiger partial charge on any atom is 0.259 e. The molecule has 0 aromatic rings. The van der Waals surface area contributed by atoms with Crippen molar-refractivity contribution in [3.63, 3.8) is 0 Å². The van der Waals surface area contributed by atoms with Crippen LogP contribution in [0.2, 0.25) is 0 Å². The fourth-order valence-electron chi connectivity index (χ4n) is 2.52. The Labute approximate surface area is 171 Å². The lowest BCUT2D eigenvalue weighted by atomic mass is 10.0. The second-order valence-corrected chi connectivity index (χ2v) is 8.42. The predicted molar refractivity (Wildman–Crippen MR) is 111 cm³/mol. The minimum Gasteiger partial charge on any atom is -0.370 e. The van der Waals surface area contributed by atoms with E-state index in [0.717, 1.165) is 19.4 Å². The Morgan fingerprint density at radius 1 is 1.29 bits per heavy atom. The first kappa shape index (κ1) is 26.7. The first-order valence-electron chi connectivity index (χ1n) is 10.1. The van der Waals surface area contributed by atoms with Crippen LogP contribution in [0, 0.1) is 17.2 Å². The second-order valence-electron chi connectivity index (χ2n) is 6.96. The van der Waals surface area contributed by atoms with Gasteiger partial charge in [-0.05, 0) is 33.1 Å². The molecule has 2 amide bonds. The average Bonchev–Trinajstić information content (AvgIpc) is 2.64. The van der Waals surface area contributed by atoms with Gasteiger partial charge in [0, 0.05) is 31.5 Å². The van der Waals surface area contributed by atoms with E-state index in [1.54, 1.807) is 0 Å². The molecule has 0 aromatic carbocycles. The summed E-state index contributed by atoms with van der Waals surface area (Å²) in [5.41, 5.74) is 5.08. The zero-order valence-corrected chi connectivity index (χ0v) is 18.8. The van der Waals surface area contributed by atoms with E-state index in [-0.39, 0.29) is 30.9 Å². The van der Waals surface area contributed by atoms with Gasteiger partial charge in [0.2, 0.25) is 11.8 Å². The van der Waals surface area contributed by atoms with Gasteiger partial charge in [0.05, 0.1) is 25.2 Å². The topological polar surface area (TPSA) is 118 Å². The summed E-state index contributed by atoms with van der Waals surface area (Å²) in [5, 5.41) is 11.5. The lowest BCUT2D eigenvalue weighted by molar-refractivity contribution is -0.125. The van der Waals surface area contributed by atoms with Crippen LogP contribution in [0.5, 0.6) is 0 Å². The Hall–Kier alpha value is -1.26. The first-order chi connectivity index (χ1) is 13.3. The summed E-state index contributed by atoms with van der Waals surface area (Å²) in [6.07, 6.45) is 2.73. The van der Waals surface area contributed by atoms with Crippen molar-refractivity contribution >= 4 is 20.3 Å². The maximum absolute atomic E-state index is 12.2. The quantitative estimate of drug-likeness (QED) is 0.295. The minimum absolute atomic E-state index is 0.126. The van der Waals surface area contributed by atoms with E-state index in [1.807, 2.05) is 13.8 Å². The molecule has 0 aliphatic rings. The number of nitriles is 1. The second kappa shape index (κ2) is 15.6. The highest BCUT2D eigenvalue weighted by Crippen LogP contribution is 2.46. The average molecular weight is 417 g/mol. The third-order valence-electron chi connectivity index (χ3n) is 4.25. The van der Waals surface area contributed by atoms with Gasteiger partial charge in [0.25, 0.3) is 8.53 Å². The van der Waals surface area contributed by atoms with E-state index in [1.165, 1.54) is 0 Å². The lowest BCUT2D eigenvalue weighted by Crippen LogP contribution is -2.34. The standard InChI is InChI=1S/C19H37N4O4P/c1-6-12-23(16(4)7-2)28(26-13-8-10-20)27-17(5)14-15(3)19(25)22-11-9-18(21)24/h15-17H,6-9,11-14H2,1-5H3,(H2,21,24)(H,22,25). The molecule has 0 bridgehead atoms. The highest BCUT2D eigenvalue weighted by molar-refractivity contribution is 7.44. The monoisotopic (exact) mass is 416 g/mol. The van der Waals surface area contributed by atoms with Gasteiger partial charge in [-0.1, -0.05) is 20.8 Å². The van der Waals surface area contributed by atoms with Crippen molar-refractivity contribution in [3.8, 4) is 6.07 Å². The molecule has 0 saturated heterocycles. The molecule has 0 heterocycles. The van der Waals surface area contributed by atoms with E-state index in [2.05, 4.69) is 36.8 Å². The van der Waals surface area contributed by atoms with Gasteiger partial charge in [-0.15, -0.1) is 0 Å². The molecule has 0 radical (unpaired) electrons. The van der Waals surface area contributed by atoms with Gasteiger partial charge in [0.1, 0.15) is 0 Å². The molecule has 8 nitrogen and oxygen atoms in total. The van der Waals surface area contributed by atoms with Crippen LogP contribution in [-0.4, -0.2) is 48.3 Å². The summed E-state index contributed by atoms with van der Waals surface area (Å²) in [4.78, 5) is 22.9. The van der Waals surface area contributed by atoms with Crippen LogP contribution >= 0.6 is 8.53 Å². The summed E-state index contributed by atoms with van der Waals surface area (Å²) in [5.74, 6) is -0.827. The van der Waals surface area contributed by atoms with Gasteiger partial charge in [-0.25, -0.2) is 4.67 Å². The van der Waals surface area contributed by atoms with Crippen molar-refractivity contribution in [1.82, 2.24) is 9.99 Å². The summed E-state index contributed by atoms with van der Waals surface area (Å²) < 4.78 is 14.3. The van der Waals surface area contributed by atoms with Crippen molar-refractivity contribution in [2.24, 2.45) is 11.7 Å². The molecular weight excluding hydrogens is 379 g/mol. The van der Waals surface area contributed by atoms with Gasteiger partial charge < -0.3 is 20.1 Å². The molecular formula is C19H37N4O4P. The SMILES string of the molecule is CCCN(C(C)CC)P(OCCC#N)OC(C)CC(C)C(=O)NCCC(N)=O. The van der Waals surface area contributed by atoms with Crippen molar-refractivity contribution in [2.75, 3.05) is 19.7 Å². The van der Waals surface area contributed by atoms with Crippen LogP contribution in [0.3, 0.4) is 0 Å². The zero-order valence-electron chi connectivity index (χ0n) is 17.9. The summed E-state index contributed by atoms with van der Waals surface area (Å²) in [7, 11) is -1.31. The Kier molecular flexibility index (Phi) is 14.9. The van der Waals surface area contributed by atoms with E-state index in [9.17, 15) is 9.59 Å². The van der Waals surface area contributed by atoms with Crippen molar-refractivity contribution in [2.45, 2.75) is 78.9 Å². The number of nitrogens with two attached hydrogens (primary N) is 1. The minimum atomic E-state index is -1.31. The van der Waals surface area contributed by atoms with Crippen molar-refractivity contribution in [1.29, 1.82) is 5.26 Å². The molecule has 3 N–H and O–H groups in total. The summed E-state index contributed by atoms with van der Waals surface area (Å²) >= 11 is 0. The van der Waals surface area contributed by atoms with E-state index in [0.29, 0.717) is 25.5 Å². The number of carbonyl (C=O) groups excluding carboxylic acids is 2. The fraction of sp³-hybridized carbons (Fsp3) is 0.842. The lowest BCUT2D eigenvalue weighted by Gasteiger charge is -2.35. The Morgan fingerprint density at radius 3 is 2.50 bits per heavy atom. The van der Waals surface area contributed by atoms with Gasteiger partial charge in [0.15, 0.2) is 0 Å². The predicted octanol–water partition coefficient (Wildman–Crippen LogP) is 3.08.